The maximum atomic E-state index is 12.4. The van der Waals surface area contributed by atoms with E-state index >= 15 is 0 Å². The van der Waals surface area contributed by atoms with Crippen molar-refractivity contribution < 1.29 is 8.42 Å². The minimum absolute atomic E-state index is 0.0133. The second kappa shape index (κ2) is 6.60. The highest BCUT2D eigenvalue weighted by atomic mass is 32.2. The van der Waals surface area contributed by atoms with Crippen molar-refractivity contribution in [2.75, 3.05) is 6.54 Å². The van der Waals surface area contributed by atoms with Crippen molar-refractivity contribution in [2.24, 2.45) is 11.7 Å². The van der Waals surface area contributed by atoms with Crippen LogP contribution in [0.2, 0.25) is 0 Å². The molecule has 0 aliphatic rings. The zero-order valence-electron chi connectivity index (χ0n) is 12.8. The normalized spacial score (nSPS) is 13.6. The largest absolute Gasteiger partial charge is 0.329 e. The Balaban J connectivity index is 2.42. The van der Waals surface area contributed by atoms with Gasteiger partial charge in [0.1, 0.15) is 10.5 Å². The summed E-state index contributed by atoms with van der Waals surface area (Å²) < 4.78 is 27.3. The van der Waals surface area contributed by atoms with Gasteiger partial charge in [0.15, 0.2) is 0 Å². The molecule has 0 spiro atoms. The molecule has 0 amide bonds. The van der Waals surface area contributed by atoms with Gasteiger partial charge in [-0.15, -0.1) is 0 Å². The van der Waals surface area contributed by atoms with E-state index in [9.17, 15) is 18.0 Å². The summed E-state index contributed by atoms with van der Waals surface area (Å²) in [5, 5.41) is -0.0133. The van der Waals surface area contributed by atoms with E-state index in [0.29, 0.717) is 6.42 Å². The Morgan fingerprint density at radius 2 is 2.00 bits per heavy atom. The van der Waals surface area contributed by atoms with Crippen LogP contribution in [-0.2, 0) is 10.0 Å². The molecule has 0 saturated heterocycles. The van der Waals surface area contributed by atoms with Gasteiger partial charge in [0, 0.05) is 18.8 Å². The number of H-pyrrole nitrogens is 2. The number of pyridine rings is 1. The van der Waals surface area contributed by atoms with E-state index in [1.807, 2.05) is 18.8 Å². The number of hydrogen-bond acceptors (Lipinski definition) is 6. The van der Waals surface area contributed by atoms with Gasteiger partial charge in [-0.2, -0.15) is 0 Å². The molecule has 0 fully saturated rings. The molecule has 10 heteroatoms. The molecule has 5 N–H and O–H groups in total. The fraction of sp³-hybridized carbons (Fsp3) is 0.462. The van der Waals surface area contributed by atoms with Crippen LogP contribution in [-0.4, -0.2) is 36.0 Å². The number of rotatable bonds is 6. The van der Waals surface area contributed by atoms with Crippen LogP contribution in [0, 0.1) is 5.92 Å². The number of sulfonamides is 1. The molecule has 1 atom stereocenters. The molecule has 2 aromatic rings. The topological polar surface area (TPSA) is 151 Å². The van der Waals surface area contributed by atoms with Crippen LogP contribution in [0.1, 0.15) is 20.3 Å². The molecule has 0 radical (unpaired) electrons. The first-order chi connectivity index (χ1) is 10.7. The van der Waals surface area contributed by atoms with E-state index in [2.05, 4.69) is 14.7 Å². The third kappa shape index (κ3) is 4.03. The minimum atomic E-state index is -3.87. The first kappa shape index (κ1) is 17.3. The van der Waals surface area contributed by atoms with Gasteiger partial charge < -0.3 is 5.73 Å². The van der Waals surface area contributed by atoms with Crippen molar-refractivity contribution in [1.29, 1.82) is 0 Å². The zero-order chi connectivity index (χ0) is 17.2. The summed E-state index contributed by atoms with van der Waals surface area (Å²) in [5.41, 5.74) is 4.22. The van der Waals surface area contributed by atoms with Crippen LogP contribution < -0.4 is 21.7 Å². The second-order valence-electron chi connectivity index (χ2n) is 5.66. The summed E-state index contributed by atoms with van der Waals surface area (Å²) in [6, 6.07) is 0.757. The molecule has 23 heavy (non-hydrogen) atoms. The average molecular weight is 341 g/mol. The number of aromatic nitrogens is 3. The van der Waals surface area contributed by atoms with Gasteiger partial charge in [-0.25, -0.2) is 22.9 Å². The molecule has 1 unspecified atom stereocenters. The smallest absolute Gasteiger partial charge is 0.327 e. The predicted octanol–water partition coefficient (Wildman–Crippen LogP) is -0.737. The van der Waals surface area contributed by atoms with Crippen molar-refractivity contribution in [2.45, 2.75) is 31.2 Å². The van der Waals surface area contributed by atoms with E-state index in [-0.39, 0.29) is 28.4 Å². The van der Waals surface area contributed by atoms with E-state index in [1.165, 1.54) is 6.07 Å². The molecule has 9 nitrogen and oxygen atoms in total. The maximum absolute atomic E-state index is 12.4. The lowest BCUT2D eigenvalue weighted by molar-refractivity contribution is 0.465. The molecule has 2 heterocycles. The van der Waals surface area contributed by atoms with Crippen LogP contribution in [0.5, 0.6) is 0 Å². The van der Waals surface area contributed by atoms with E-state index in [1.54, 1.807) is 0 Å². The monoisotopic (exact) mass is 341 g/mol. The van der Waals surface area contributed by atoms with E-state index in [0.717, 1.165) is 6.20 Å². The van der Waals surface area contributed by atoms with Gasteiger partial charge in [-0.3, -0.25) is 14.8 Å². The third-order valence-corrected chi connectivity index (χ3v) is 4.73. The highest BCUT2D eigenvalue weighted by Gasteiger charge is 2.21. The van der Waals surface area contributed by atoms with Gasteiger partial charge >= 0.3 is 5.69 Å². The standard InChI is InChI=1S/C13H19N5O4S/c1-7(2)3-8(5-14)18-23(21,22)9-4-10-11(15-6-9)16-13(20)17-12(10)19/h4,6-8,18H,3,5,14H2,1-2H3,(H2,15,16,17,19,20). The Labute approximate surface area is 132 Å². The lowest BCUT2D eigenvalue weighted by Gasteiger charge is -2.18. The van der Waals surface area contributed by atoms with Crippen LogP contribution in [0.4, 0.5) is 0 Å². The first-order valence-corrected chi connectivity index (χ1v) is 8.56. The van der Waals surface area contributed by atoms with Crippen LogP contribution in [0.15, 0.2) is 26.7 Å². The molecule has 2 aromatic heterocycles. The SMILES string of the molecule is CC(C)CC(CN)NS(=O)(=O)c1cnc2[nH]c(=O)[nH]c(=O)c2c1. The number of nitrogens with zero attached hydrogens (tertiary/aromatic N) is 1. The number of hydrogen-bond donors (Lipinski definition) is 4. The summed E-state index contributed by atoms with van der Waals surface area (Å²) in [4.78, 5) is 31.0. The van der Waals surface area contributed by atoms with Crippen molar-refractivity contribution in [3.8, 4) is 0 Å². The summed E-state index contributed by atoms with van der Waals surface area (Å²) in [5.74, 6) is 0.272. The molecule has 0 saturated carbocycles. The van der Waals surface area contributed by atoms with Gasteiger partial charge in [0.05, 0.1) is 5.39 Å². The summed E-state index contributed by atoms with van der Waals surface area (Å²) in [6.45, 7) is 4.08. The summed E-state index contributed by atoms with van der Waals surface area (Å²) in [6.07, 6.45) is 1.67. The lowest BCUT2D eigenvalue weighted by atomic mass is 10.1. The van der Waals surface area contributed by atoms with Gasteiger partial charge in [-0.05, 0) is 18.4 Å². The third-order valence-electron chi connectivity index (χ3n) is 3.24. The average Bonchev–Trinajstić information content (AvgIpc) is 2.45. The maximum Gasteiger partial charge on any atom is 0.327 e. The van der Waals surface area contributed by atoms with Crippen LogP contribution >= 0.6 is 0 Å². The molecule has 2 rings (SSSR count). The number of nitrogens with one attached hydrogen (secondary N) is 3. The minimum Gasteiger partial charge on any atom is -0.329 e. The Hall–Kier alpha value is -2.04. The Morgan fingerprint density at radius 3 is 2.61 bits per heavy atom. The Kier molecular flexibility index (Phi) is 4.97. The van der Waals surface area contributed by atoms with Gasteiger partial charge in [-0.1, -0.05) is 13.8 Å². The van der Waals surface area contributed by atoms with Gasteiger partial charge in [0.2, 0.25) is 10.0 Å². The molecule has 126 valence electrons. The van der Waals surface area contributed by atoms with Crippen LogP contribution in [0.3, 0.4) is 0 Å². The number of fused-ring (bicyclic) bond motifs is 1. The first-order valence-electron chi connectivity index (χ1n) is 7.07. The van der Waals surface area contributed by atoms with Crippen molar-refractivity contribution in [1.82, 2.24) is 19.7 Å². The highest BCUT2D eigenvalue weighted by molar-refractivity contribution is 7.89. The quantitative estimate of drug-likeness (QED) is 0.543. The fourth-order valence-electron chi connectivity index (χ4n) is 2.22. The van der Waals surface area contributed by atoms with Crippen molar-refractivity contribution in [3.63, 3.8) is 0 Å². The fourth-order valence-corrected chi connectivity index (χ4v) is 3.46. The molecule has 0 bridgehead atoms. The molecule has 0 aliphatic heterocycles. The van der Waals surface area contributed by atoms with Crippen LogP contribution in [0.25, 0.3) is 11.0 Å². The summed E-state index contributed by atoms with van der Waals surface area (Å²) in [7, 11) is -3.87. The summed E-state index contributed by atoms with van der Waals surface area (Å²) >= 11 is 0. The van der Waals surface area contributed by atoms with Crippen molar-refractivity contribution >= 4 is 21.1 Å². The molecule has 0 aromatic carbocycles. The van der Waals surface area contributed by atoms with E-state index < -0.39 is 27.3 Å². The Morgan fingerprint density at radius 1 is 1.30 bits per heavy atom. The van der Waals surface area contributed by atoms with Gasteiger partial charge in [0.25, 0.3) is 5.56 Å². The molecule has 0 aliphatic carbocycles. The zero-order valence-corrected chi connectivity index (χ0v) is 13.6. The second-order valence-corrected chi connectivity index (χ2v) is 7.37. The van der Waals surface area contributed by atoms with Crippen molar-refractivity contribution in [3.05, 3.63) is 33.1 Å². The highest BCUT2D eigenvalue weighted by Crippen LogP contribution is 2.13. The number of aromatic amines is 2. The Bertz CT molecular complexity index is 916. The molecular formula is C13H19N5O4S. The lowest BCUT2D eigenvalue weighted by Crippen LogP contribution is -2.41. The predicted molar refractivity (Wildman–Crippen MR) is 85.6 cm³/mol. The number of nitrogens with two attached hydrogens (primary N) is 1. The van der Waals surface area contributed by atoms with E-state index in [4.69, 9.17) is 5.73 Å². The molecular weight excluding hydrogens is 322 g/mol.